The standard InChI is InChI=1S/C16H19ClF3NO4/c1-15(2,3)25-13(23)12(21-14(24)16(18,19)20)11(8-22)9-4-6-10(17)7-5-9/h4-7,11-12,22H,8H2,1-3H3,(H,21,24)/t11-,12+/m0/s1. The maximum atomic E-state index is 12.6. The highest BCUT2D eigenvalue weighted by Crippen LogP contribution is 2.25. The molecule has 2 N–H and O–H groups in total. The highest BCUT2D eigenvalue weighted by Gasteiger charge is 2.43. The molecule has 0 saturated carbocycles. The van der Waals surface area contributed by atoms with E-state index in [0.29, 0.717) is 10.6 Å². The van der Waals surface area contributed by atoms with Crippen LogP contribution < -0.4 is 5.32 Å². The summed E-state index contributed by atoms with van der Waals surface area (Å²) < 4.78 is 42.9. The third-order valence-corrected chi connectivity index (χ3v) is 3.35. The van der Waals surface area contributed by atoms with Crippen molar-refractivity contribution < 1.29 is 32.6 Å². The molecule has 0 aliphatic carbocycles. The Hall–Kier alpha value is -1.80. The van der Waals surface area contributed by atoms with Crippen LogP contribution in [0.5, 0.6) is 0 Å². The fourth-order valence-electron chi connectivity index (χ4n) is 2.03. The minimum Gasteiger partial charge on any atom is -0.458 e. The molecule has 1 rings (SSSR count). The molecule has 2 atom stereocenters. The Labute approximate surface area is 148 Å². The molecule has 0 fully saturated rings. The third kappa shape index (κ3) is 6.55. The number of alkyl halides is 3. The van der Waals surface area contributed by atoms with Gasteiger partial charge in [-0.15, -0.1) is 0 Å². The molecule has 1 amide bonds. The van der Waals surface area contributed by atoms with Gasteiger partial charge in [0.2, 0.25) is 0 Å². The molecule has 0 aliphatic rings. The van der Waals surface area contributed by atoms with Crippen molar-refractivity contribution in [2.45, 2.75) is 44.5 Å². The number of hydrogen-bond acceptors (Lipinski definition) is 4. The maximum Gasteiger partial charge on any atom is 0.471 e. The number of amides is 1. The van der Waals surface area contributed by atoms with Gasteiger partial charge < -0.3 is 15.2 Å². The first-order chi connectivity index (χ1) is 11.3. The van der Waals surface area contributed by atoms with E-state index in [-0.39, 0.29) is 0 Å². The van der Waals surface area contributed by atoms with Gasteiger partial charge in [-0.05, 0) is 38.5 Å². The van der Waals surface area contributed by atoms with Gasteiger partial charge in [-0.1, -0.05) is 23.7 Å². The molecule has 0 heterocycles. The summed E-state index contributed by atoms with van der Waals surface area (Å²) in [6.07, 6.45) is -5.18. The number of hydrogen-bond donors (Lipinski definition) is 2. The van der Waals surface area contributed by atoms with Crippen LogP contribution >= 0.6 is 11.6 Å². The van der Waals surface area contributed by atoms with Gasteiger partial charge in [0.05, 0.1) is 6.61 Å². The highest BCUT2D eigenvalue weighted by atomic mass is 35.5. The van der Waals surface area contributed by atoms with Gasteiger partial charge in [0.25, 0.3) is 0 Å². The average Bonchev–Trinajstić information content (AvgIpc) is 2.45. The fourth-order valence-corrected chi connectivity index (χ4v) is 2.15. The zero-order valence-electron chi connectivity index (χ0n) is 13.9. The van der Waals surface area contributed by atoms with Crippen molar-refractivity contribution in [3.05, 3.63) is 34.9 Å². The summed E-state index contributed by atoms with van der Waals surface area (Å²) in [4.78, 5) is 23.6. The summed E-state index contributed by atoms with van der Waals surface area (Å²) in [5.41, 5.74) is -0.664. The van der Waals surface area contributed by atoms with Gasteiger partial charge in [0.15, 0.2) is 0 Å². The molecule has 0 unspecified atom stereocenters. The number of esters is 1. The van der Waals surface area contributed by atoms with Gasteiger partial charge in [0.1, 0.15) is 11.6 Å². The lowest BCUT2D eigenvalue weighted by Crippen LogP contribution is -2.52. The molecule has 1 aromatic rings. The van der Waals surface area contributed by atoms with Crippen LogP contribution in [0.3, 0.4) is 0 Å². The van der Waals surface area contributed by atoms with Crippen molar-refractivity contribution in [1.29, 1.82) is 0 Å². The first-order valence-corrected chi connectivity index (χ1v) is 7.70. The lowest BCUT2D eigenvalue weighted by Gasteiger charge is -2.29. The largest absolute Gasteiger partial charge is 0.471 e. The summed E-state index contributed by atoms with van der Waals surface area (Å²) >= 11 is 5.76. The normalized spacial score (nSPS) is 14.6. The van der Waals surface area contributed by atoms with Gasteiger partial charge in [-0.25, -0.2) is 4.79 Å². The second kappa shape index (κ2) is 8.05. The lowest BCUT2D eigenvalue weighted by molar-refractivity contribution is -0.177. The van der Waals surface area contributed by atoms with E-state index >= 15 is 0 Å². The number of aliphatic hydroxyl groups is 1. The van der Waals surface area contributed by atoms with Crippen molar-refractivity contribution in [3.63, 3.8) is 0 Å². The number of ether oxygens (including phenoxy) is 1. The van der Waals surface area contributed by atoms with Crippen molar-refractivity contribution in [1.82, 2.24) is 5.32 Å². The van der Waals surface area contributed by atoms with Crippen LogP contribution in [-0.4, -0.2) is 41.4 Å². The second-order valence-corrected chi connectivity index (χ2v) is 6.76. The van der Waals surface area contributed by atoms with E-state index in [1.807, 2.05) is 0 Å². The Morgan fingerprint density at radius 3 is 2.12 bits per heavy atom. The highest BCUT2D eigenvalue weighted by molar-refractivity contribution is 6.30. The molecule has 0 radical (unpaired) electrons. The smallest absolute Gasteiger partial charge is 0.458 e. The number of benzene rings is 1. The van der Waals surface area contributed by atoms with E-state index in [1.54, 1.807) is 5.32 Å². The van der Waals surface area contributed by atoms with Crippen LogP contribution in [-0.2, 0) is 14.3 Å². The van der Waals surface area contributed by atoms with Gasteiger partial charge >= 0.3 is 18.1 Å². The second-order valence-electron chi connectivity index (χ2n) is 6.32. The number of nitrogens with one attached hydrogen (secondary N) is 1. The van der Waals surface area contributed by atoms with E-state index in [1.165, 1.54) is 45.0 Å². The molecule has 5 nitrogen and oxygen atoms in total. The maximum absolute atomic E-state index is 12.6. The van der Waals surface area contributed by atoms with Crippen LogP contribution in [0.15, 0.2) is 24.3 Å². The van der Waals surface area contributed by atoms with Gasteiger partial charge in [0, 0.05) is 10.9 Å². The van der Waals surface area contributed by atoms with Crippen LogP contribution in [0.25, 0.3) is 0 Å². The van der Waals surface area contributed by atoms with Gasteiger partial charge in [-0.2, -0.15) is 13.2 Å². The SMILES string of the molecule is CC(C)(C)OC(=O)[C@H](NC(=O)C(F)(F)F)[C@@H](CO)c1ccc(Cl)cc1. The lowest BCUT2D eigenvalue weighted by atomic mass is 9.91. The summed E-state index contributed by atoms with van der Waals surface area (Å²) in [6, 6.07) is 4.08. The van der Waals surface area contributed by atoms with Crippen LogP contribution in [0.1, 0.15) is 32.3 Å². The Balaban J connectivity index is 3.20. The molecule has 0 bridgehead atoms. The predicted octanol–water partition coefficient (Wildman–Crippen LogP) is 2.80. The number of rotatable bonds is 5. The summed E-state index contributed by atoms with van der Waals surface area (Å²) in [6.45, 7) is 3.90. The van der Waals surface area contributed by atoms with Crippen molar-refractivity contribution in [2.75, 3.05) is 6.61 Å². The monoisotopic (exact) mass is 381 g/mol. The van der Waals surface area contributed by atoms with E-state index in [4.69, 9.17) is 16.3 Å². The van der Waals surface area contributed by atoms with Crippen LogP contribution in [0.4, 0.5) is 13.2 Å². The molecular weight excluding hydrogens is 363 g/mol. The number of halogens is 4. The van der Waals surface area contributed by atoms with Crippen molar-refractivity contribution in [2.24, 2.45) is 0 Å². The summed E-state index contributed by atoms with van der Waals surface area (Å²) in [5.74, 6) is -4.52. The molecule has 0 aromatic heterocycles. The molecule has 0 saturated heterocycles. The Kier molecular flexibility index (Phi) is 6.84. The minimum atomic E-state index is -5.18. The molecule has 25 heavy (non-hydrogen) atoms. The predicted molar refractivity (Wildman–Crippen MR) is 85.1 cm³/mol. The zero-order valence-corrected chi connectivity index (χ0v) is 14.6. The van der Waals surface area contributed by atoms with Crippen LogP contribution in [0, 0.1) is 0 Å². The molecule has 0 spiro atoms. The Morgan fingerprint density at radius 2 is 1.72 bits per heavy atom. The van der Waals surface area contributed by atoms with E-state index in [0.717, 1.165) is 0 Å². The quantitative estimate of drug-likeness (QED) is 0.769. The Morgan fingerprint density at radius 1 is 1.20 bits per heavy atom. The summed E-state index contributed by atoms with van der Waals surface area (Å²) in [5, 5.41) is 11.6. The zero-order chi connectivity index (χ0) is 19.4. The first-order valence-electron chi connectivity index (χ1n) is 7.32. The fraction of sp³-hybridized carbons (Fsp3) is 0.500. The number of aliphatic hydroxyl groups excluding tert-OH is 1. The molecular formula is C16H19ClF3NO4. The molecule has 1 aromatic carbocycles. The van der Waals surface area contributed by atoms with E-state index in [2.05, 4.69) is 0 Å². The third-order valence-electron chi connectivity index (χ3n) is 3.10. The average molecular weight is 382 g/mol. The molecule has 9 heteroatoms. The summed E-state index contributed by atoms with van der Waals surface area (Å²) in [7, 11) is 0. The van der Waals surface area contributed by atoms with Gasteiger partial charge in [-0.3, -0.25) is 4.79 Å². The number of carbonyl (C=O) groups is 2. The first kappa shape index (κ1) is 21.2. The topological polar surface area (TPSA) is 75.6 Å². The molecule has 140 valence electrons. The van der Waals surface area contributed by atoms with E-state index in [9.17, 15) is 27.9 Å². The Bertz CT molecular complexity index is 611. The molecule has 0 aliphatic heterocycles. The van der Waals surface area contributed by atoms with Crippen LogP contribution in [0.2, 0.25) is 5.02 Å². The van der Waals surface area contributed by atoms with Crippen molar-refractivity contribution >= 4 is 23.5 Å². The van der Waals surface area contributed by atoms with E-state index < -0.39 is 42.2 Å². The number of carbonyl (C=O) groups excluding carboxylic acids is 2. The van der Waals surface area contributed by atoms with Crippen molar-refractivity contribution in [3.8, 4) is 0 Å². The minimum absolute atomic E-state index is 0.324.